The molecular weight excluding hydrogens is 248 g/mol. The number of hydrogen-bond acceptors (Lipinski definition) is 2. The summed E-state index contributed by atoms with van der Waals surface area (Å²) in [5.41, 5.74) is 1.44. The smallest absolute Gasteiger partial charge is 0.254 e. The van der Waals surface area contributed by atoms with E-state index in [1.54, 1.807) is 12.3 Å². The molecule has 2 aromatic rings. The van der Waals surface area contributed by atoms with Crippen LogP contribution in [0.4, 0.5) is 0 Å². The van der Waals surface area contributed by atoms with Gasteiger partial charge in [0, 0.05) is 12.4 Å². The predicted octanol–water partition coefficient (Wildman–Crippen LogP) is 3.23. The van der Waals surface area contributed by atoms with Gasteiger partial charge in [0.05, 0.1) is 16.6 Å². The average Bonchev–Trinajstić information content (AvgIpc) is 2.40. The maximum atomic E-state index is 12.0. The third-order valence-corrected chi connectivity index (χ3v) is 2.99. The maximum Gasteiger partial charge on any atom is 0.254 e. The molecule has 1 aromatic carbocycles. The van der Waals surface area contributed by atoms with E-state index in [9.17, 15) is 4.79 Å². The standard InChI is InChI=1S/C14H13ClN2O/c1-10(11-5-3-2-4-6-11)17-14(18)12-9-16-8-7-13(12)15/h2-10H,1H3,(H,17,18)/t10-/m0/s1. The summed E-state index contributed by atoms with van der Waals surface area (Å²) in [7, 11) is 0. The number of pyridine rings is 1. The molecule has 0 saturated heterocycles. The summed E-state index contributed by atoms with van der Waals surface area (Å²) in [6.45, 7) is 1.93. The molecule has 3 nitrogen and oxygen atoms in total. The first kappa shape index (κ1) is 12.6. The fourth-order valence-corrected chi connectivity index (χ4v) is 1.83. The topological polar surface area (TPSA) is 42.0 Å². The zero-order valence-corrected chi connectivity index (χ0v) is 10.7. The number of rotatable bonds is 3. The van der Waals surface area contributed by atoms with Crippen LogP contribution < -0.4 is 5.32 Å². The van der Waals surface area contributed by atoms with Crippen LogP contribution in [0.25, 0.3) is 0 Å². The lowest BCUT2D eigenvalue weighted by Gasteiger charge is -2.14. The minimum absolute atomic E-state index is 0.0741. The summed E-state index contributed by atoms with van der Waals surface area (Å²) >= 11 is 5.95. The molecule has 2 rings (SSSR count). The van der Waals surface area contributed by atoms with Gasteiger partial charge in [-0.05, 0) is 18.6 Å². The van der Waals surface area contributed by atoms with Crippen molar-refractivity contribution >= 4 is 17.5 Å². The third kappa shape index (κ3) is 2.87. The van der Waals surface area contributed by atoms with Crippen LogP contribution in [-0.4, -0.2) is 10.9 Å². The molecular formula is C14H13ClN2O. The first-order valence-corrected chi connectivity index (χ1v) is 6.01. The lowest BCUT2D eigenvalue weighted by Crippen LogP contribution is -2.26. The van der Waals surface area contributed by atoms with Crippen LogP contribution in [0, 0.1) is 0 Å². The molecule has 0 fully saturated rings. The second-order valence-electron chi connectivity index (χ2n) is 3.96. The maximum absolute atomic E-state index is 12.0. The molecule has 4 heteroatoms. The van der Waals surface area contributed by atoms with Gasteiger partial charge in [0.15, 0.2) is 0 Å². The largest absolute Gasteiger partial charge is 0.345 e. The van der Waals surface area contributed by atoms with Crippen LogP contribution in [-0.2, 0) is 0 Å². The van der Waals surface area contributed by atoms with Gasteiger partial charge >= 0.3 is 0 Å². The van der Waals surface area contributed by atoms with E-state index in [1.165, 1.54) is 6.20 Å². The molecule has 0 spiro atoms. The Kier molecular flexibility index (Phi) is 3.95. The number of carbonyl (C=O) groups is 1. The van der Waals surface area contributed by atoms with Gasteiger partial charge in [0.25, 0.3) is 5.91 Å². The van der Waals surface area contributed by atoms with Gasteiger partial charge in [-0.2, -0.15) is 0 Å². The predicted molar refractivity (Wildman–Crippen MR) is 71.6 cm³/mol. The molecule has 1 amide bonds. The molecule has 18 heavy (non-hydrogen) atoms. The Morgan fingerprint density at radius 3 is 2.67 bits per heavy atom. The summed E-state index contributed by atoms with van der Waals surface area (Å²) in [6, 6.07) is 11.3. The number of hydrogen-bond donors (Lipinski definition) is 1. The van der Waals surface area contributed by atoms with Gasteiger partial charge in [-0.1, -0.05) is 41.9 Å². The Morgan fingerprint density at radius 2 is 2.00 bits per heavy atom. The van der Waals surface area contributed by atoms with E-state index >= 15 is 0 Å². The summed E-state index contributed by atoms with van der Waals surface area (Å²) in [6.07, 6.45) is 3.02. The zero-order valence-electron chi connectivity index (χ0n) is 9.93. The molecule has 1 aromatic heterocycles. The van der Waals surface area contributed by atoms with Crippen molar-refractivity contribution in [3.8, 4) is 0 Å². The number of halogens is 1. The number of aromatic nitrogens is 1. The van der Waals surface area contributed by atoms with Gasteiger partial charge in [0.2, 0.25) is 0 Å². The highest BCUT2D eigenvalue weighted by atomic mass is 35.5. The van der Waals surface area contributed by atoms with Crippen molar-refractivity contribution < 1.29 is 4.79 Å². The highest BCUT2D eigenvalue weighted by molar-refractivity contribution is 6.33. The summed E-state index contributed by atoms with van der Waals surface area (Å²) in [5.74, 6) is -0.218. The molecule has 92 valence electrons. The molecule has 1 atom stereocenters. The molecule has 0 radical (unpaired) electrons. The first-order chi connectivity index (χ1) is 8.68. The molecule has 0 saturated carbocycles. The van der Waals surface area contributed by atoms with Gasteiger partial charge in [0.1, 0.15) is 0 Å². The zero-order chi connectivity index (χ0) is 13.0. The third-order valence-electron chi connectivity index (χ3n) is 2.66. The lowest BCUT2D eigenvalue weighted by molar-refractivity contribution is 0.0939. The molecule has 0 aliphatic heterocycles. The Morgan fingerprint density at radius 1 is 1.28 bits per heavy atom. The summed E-state index contributed by atoms with van der Waals surface area (Å²) in [4.78, 5) is 15.9. The van der Waals surface area contributed by atoms with Gasteiger partial charge in [-0.3, -0.25) is 9.78 Å². The van der Waals surface area contributed by atoms with Crippen LogP contribution >= 0.6 is 11.6 Å². The second kappa shape index (κ2) is 5.65. The number of nitrogens with one attached hydrogen (secondary N) is 1. The normalized spacial score (nSPS) is 11.9. The SMILES string of the molecule is C[C@H](NC(=O)c1cnccc1Cl)c1ccccc1. The van der Waals surface area contributed by atoms with Crippen LogP contribution in [0.1, 0.15) is 28.9 Å². The van der Waals surface area contributed by atoms with Gasteiger partial charge < -0.3 is 5.32 Å². The van der Waals surface area contributed by atoms with E-state index in [0.717, 1.165) is 5.56 Å². The molecule has 0 aliphatic carbocycles. The van der Waals surface area contributed by atoms with E-state index in [-0.39, 0.29) is 11.9 Å². The van der Waals surface area contributed by atoms with Gasteiger partial charge in [-0.25, -0.2) is 0 Å². The van der Waals surface area contributed by atoms with Crippen molar-refractivity contribution in [1.29, 1.82) is 0 Å². The fourth-order valence-electron chi connectivity index (χ4n) is 1.64. The number of amides is 1. The van der Waals surface area contributed by atoms with Crippen molar-refractivity contribution in [2.75, 3.05) is 0 Å². The minimum atomic E-state index is -0.218. The van der Waals surface area contributed by atoms with Crippen LogP contribution in [0.5, 0.6) is 0 Å². The Labute approximate surface area is 111 Å². The highest BCUT2D eigenvalue weighted by Crippen LogP contribution is 2.16. The minimum Gasteiger partial charge on any atom is -0.345 e. The number of nitrogens with zero attached hydrogens (tertiary/aromatic N) is 1. The Balaban J connectivity index is 2.11. The highest BCUT2D eigenvalue weighted by Gasteiger charge is 2.13. The summed E-state index contributed by atoms with van der Waals surface area (Å²) < 4.78 is 0. The van der Waals surface area contributed by atoms with Crippen molar-refractivity contribution in [2.45, 2.75) is 13.0 Å². The number of benzene rings is 1. The monoisotopic (exact) mass is 260 g/mol. The van der Waals surface area contributed by atoms with E-state index in [1.807, 2.05) is 37.3 Å². The van der Waals surface area contributed by atoms with E-state index in [2.05, 4.69) is 10.3 Å². The fraction of sp³-hybridized carbons (Fsp3) is 0.143. The van der Waals surface area contributed by atoms with Gasteiger partial charge in [-0.15, -0.1) is 0 Å². The summed E-state index contributed by atoms with van der Waals surface area (Å²) in [5, 5.41) is 3.30. The van der Waals surface area contributed by atoms with Crippen LogP contribution in [0.15, 0.2) is 48.8 Å². The molecule has 0 aliphatic rings. The molecule has 0 unspecified atom stereocenters. The van der Waals surface area contributed by atoms with Crippen LogP contribution in [0.3, 0.4) is 0 Å². The second-order valence-corrected chi connectivity index (χ2v) is 4.37. The quantitative estimate of drug-likeness (QED) is 0.921. The van der Waals surface area contributed by atoms with Crippen LogP contribution in [0.2, 0.25) is 5.02 Å². The van der Waals surface area contributed by atoms with Crippen molar-refractivity contribution in [3.63, 3.8) is 0 Å². The van der Waals surface area contributed by atoms with E-state index in [0.29, 0.717) is 10.6 Å². The Bertz CT molecular complexity index is 543. The molecule has 1 heterocycles. The first-order valence-electron chi connectivity index (χ1n) is 5.64. The van der Waals surface area contributed by atoms with E-state index in [4.69, 9.17) is 11.6 Å². The molecule has 0 bridgehead atoms. The van der Waals surface area contributed by atoms with E-state index < -0.39 is 0 Å². The average molecular weight is 261 g/mol. The number of carbonyl (C=O) groups excluding carboxylic acids is 1. The lowest BCUT2D eigenvalue weighted by atomic mass is 10.1. The Hall–Kier alpha value is -1.87. The van der Waals surface area contributed by atoms with Crippen molar-refractivity contribution in [1.82, 2.24) is 10.3 Å². The van der Waals surface area contributed by atoms with Crippen molar-refractivity contribution in [2.24, 2.45) is 0 Å². The molecule has 1 N–H and O–H groups in total. The van der Waals surface area contributed by atoms with Crippen molar-refractivity contribution in [3.05, 3.63) is 64.9 Å².